The number of halogens is 3. The van der Waals surface area contributed by atoms with Crippen molar-refractivity contribution < 1.29 is 0 Å². The summed E-state index contributed by atoms with van der Waals surface area (Å²) in [6, 6.07) is 0. The molecule has 0 aliphatic heterocycles. The summed E-state index contributed by atoms with van der Waals surface area (Å²) < 4.78 is 5.60. The molecule has 0 saturated carbocycles. The van der Waals surface area contributed by atoms with E-state index in [0.717, 1.165) is 19.9 Å². The van der Waals surface area contributed by atoms with E-state index in [-0.39, 0.29) is 0 Å². The molecule has 4 aromatic heterocycles. The van der Waals surface area contributed by atoms with Crippen LogP contribution in [0.1, 0.15) is 0 Å². The average Bonchev–Trinajstić information content (AvgIpc) is 3.13. The van der Waals surface area contributed by atoms with Gasteiger partial charge in [0, 0.05) is 24.8 Å². The second kappa shape index (κ2) is 7.16. The van der Waals surface area contributed by atoms with Crippen LogP contribution < -0.4 is 0 Å². The van der Waals surface area contributed by atoms with Crippen molar-refractivity contribution in [1.82, 2.24) is 28.7 Å². The van der Waals surface area contributed by atoms with Crippen molar-refractivity contribution >= 4 is 66.5 Å². The topological polar surface area (TPSA) is 60.4 Å². The largest absolute Gasteiger partial charge is 0.290 e. The first kappa shape index (κ1) is 16.7. The molecule has 0 unspecified atom stereocenters. The number of nitrogens with zero attached hydrogens (tertiary/aromatic N) is 6. The Morgan fingerprint density at radius 1 is 0.913 bits per heavy atom. The van der Waals surface area contributed by atoms with Crippen molar-refractivity contribution in [1.29, 1.82) is 0 Å². The molecule has 6 nitrogen and oxygen atoms in total. The Hall–Kier alpha value is -1.16. The van der Waals surface area contributed by atoms with Gasteiger partial charge in [0.1, 0.15) is 14.2 Å². The van der Waals surface area contributed by atoms with Gasteiger partial charge in [0.25, 0.3) is 0 Å². The molecule has 4 heterocycles. The van der Waals surface area contributed by atoms with E-state index < -0.39 is 0 Å². The van der Waals surface area contributed by atoms with Gasteiger partial charge in [0.15, 0.2) is 16.4 Å². The molecule has 4 aromatic rings. The first-order valence-electron chi connectivity index (χ1n) is 6.26. The SMILES string of the molecule is CSc1nccn2c(Br)cnc12.Clc1nccn2c(Br)cnc12. The summed E-state index contributed by atoms with van der Waals surface area (Å²) in [4.78, 5) is 16.3. The van der Waals surface area contributed by atoms with Gasteiger partial charge in [-0.1, -0.05) is 11.6 Å². The van der Waals surface area contributed by atoms with Gasteiger partial charge in [0.2, 0.25) is 0 Å². The quantitative estimate of drug-likeness (QED) is 0.382. The molecule has 10 heteroatoms. The maximum atomic E-state index is 5.76. The highest BCUT2D eigenvalue weighted by Crippen LogP contribution is 2.20. The predicted octanol–water partition coefficient (Wildman–Crippen LogP) is 4.36. The van der Waals surface area contributed by atoms with Crippen molar-refractivity contribution in [3.05, 3.63) is 51.5 Å². The Balaban J connectivity index is 0.000000136. The van der Waals surface area contributed by atoms with Gasteiger partial charge in [0.05, 0.1) is 12.4 Å². The lowest BCUT2D eigenvalue weighted by Crippen LogP contribution is -1.89. The minimum atomic E-state index is 0.415. The van der Waals surface area contributed by atoms with Crippen LogP contribution in [0.2, 0.25) is 5.15 Å². The van der Waals surface area contributed by atoms with E-state index in [1.54, 1.807) is 42.7 Å². The molecule has 0 aliphatic carbocycles. The summed E-state index contributed by atoms with van der Waals surface area (Å²) in [5.74, 6) is 0. The lowest BCUT2D eigenvalue weighted by atomic mass is 10.7. The van der Waals surface area contributed by atoms with E-state index in [0.29, 0.717) is 10.8 Å². The minimum absolute atomic E-state index is 0.415. The summed E-state index contributed by atoms with van der Waals surface area (Å²) in [5.41, 5.74) is 1.57. The fraction of sp³-hybridized carbons (Fsp3) is 0.0769. The predicted molar refractivity (Wildman–Crippen MR) is 98.2 cm³/mol. The number of hydrogen-bond acceptors (Lipinski definition) is 5. The molecule has 0 atom stereocenters. The zero-order valence-corrected chi connectivity index (χ0v) is 16.4. The van der Waals surface area contributed by atoms with Crippen molar-refractivity contribution in [2.45, 2.75) is 5.03 Å². The molecule has 0 aliphatic rings. The summed E-state index contributed by atoms with van der Waals surface area (Å²) in [5, 5.41) is 1.36. The van der Waals surface area contributed by atoms with Crippen LogP contribution in [-0.2, 0) is 0 Å². The van der Waals surface area contributed by atoms with Gasteiger partial charge >= 0.3 is 0 Å². The Morgan fingerprint density at radius 2 is 1.48 bits per heavy atom. The van der Waals surface area contributed by atoms with Gasteiger partial charge < -0.3 is 0 Å². The second-order valence-electron chi connectivity index (χ2n) is 4.20. The van der Waals surface area contributed by atoms with Crippen molar-refractivity contribution in [3.63, 3.8) is 0 Å². The van der Waals surface area contributed by atoms with E-state index in [9.17, 15) is 0 Å². The Kier molecular flexibility index (Phi) is 5.20. The molecule has 0 aromatic carbocycles. The third-order valence-corrected chi connectivity index (χ3v) is 5.00. The monoisotopic (exact) mass is 474 g/mol. The highest BCUT2D eigenvalue weighted by molar-refractivity contribution is 9.10. The zero-order chi connectivity index (χ0) is 16.4. The number of rotatable bonds is 1. The van der Waals surface area contributed by atoms with Crippen LogP contribution in [0, 0.1) is 0 Å². The zero-order valence-electron chi connectivity index (χ0n) is 11.7. The van der Waals surface area contributed by atoms with Gasteiger partial charge in [-0.05, 0) is 38.1 Å². The van der Waals surface area contributed by atoms with E-state index in [1.165, 1.54) is 0 Å². The van der Waals surface area contributed by atoms with E-state index in [2.05, 4.69) is 51.8 Å². The van der Waals surface area contributed by atoms with Crippen molar-refractivity contribution in [2.75, 3.05) is 6.26 Å². The fourth-order valence-corrected chi connectivity index (χ4v) is 3.34. The normalized spacial score (nSPS) is 10.8. The highest BCUT2D eigenvalue weighted by Gasteiger charge is 2.04. The summed E-state index contributed by atoms with van der Waals surface area (Å²) in [6.45, 7) is 0. The van der Waals surface area contributed by atoms with Gasteiger partial charge in [-0.2, -0.15) is 0 Å². The molecule has 4 rings (SSSR count). The van der Waals surface area contributed by atoms with Gasteiger partial charge in [-0.25, -0.2) is 19.9 Å². The van der Waals surface area contributed by atoms with E-state index >= 15 is 0 Å². The molecular weight excluding hydrogens is 468 g/mol. The number of thioether (sulfide) groups is 1. The minimum Gasteiger partial charge on any atom is -0.290 e. The third kappa shape index (κ3) is 3.37. The maximum Gasteiger partial charge on any atom is 0.175 e. The highest BCUT2D eigenvalue weighted by atomic mass is 79.9. The third-order valence-electron chi connectivity index (χ3n) is 2.88. The van der Waals surface area contributed by atoms with Crippen molar-refractivity contribution in [2.24, 2.45) is 0 Å². The first-order chi connectivity index (χ1) is 11.1. The molecule has 0 bridgehead atoms. The molecule has 0 amide bonds. The van der Waals surface area contributed by atoms with Crippen LogP contribution in [0.5, 0.6) is 0 Å². The Morgan fingerprint density at radius 3 is 2.09 bits per heavy atom. The van der Waals surface area contributed by atoms with Crippen molar-refractivity contribution in [3.8, 4) is 0 Å². The molecule has 23 heavy (non-hydrogen) atoms. The van der Waals surface area contributed by atoms with E-state index in [1.807, 2.05) is 21.3 Å². The first-order valence-corrected chi connectivity index (χ1v) is 9.45. The van der Waals surface area contributed by atoms with Crippen LogP contribution >= 0.6 is 55.2 Å². The van der Waals surface area contributed by atoms with Crippen LogP contribution in [0.4, 0.5) is 0 Å². The average molecular weight is 477 g/mol. The van der Waals surface area contributed by atoms with E-state index in [4.69, 9.17) is 11.6 Å². The second-order valence-corrected chi connectivity index (χ2v) is 6.98. The lowest BCUT2D eigenvalue weighted by molar-refractivity contribution is 1.02. The molecule has 0 radical (unpaired) electrons. The van der Waals surface area contributed by atoms with Crippen LogP contribution in [0.25, 0.3) is 11.3 Å². The Bertz CT molecular complexity index is 970. The van der Waals surface area contributed by atoms with Crippen LogP contribution in [0.15, 0.2) is 51.4 Å². The number of fused-ring (bicyclic) bond motifs is 2. The summed E-state index contributed by atoms with van der Waals surface area (Å²) >= 11 is 14.1. The molecule has 118 valence electrons. The molecule has 0 spiro atoms. The molecule has 0 N–H and O–H groups in total. The Labute approximate surface area is 157 Å². The standard InChI is InChI=1S/C7H6BrN3S.C6H3BrClN3/c1-12-7-6-10-4-5(8)11(6)3-2-9-7;7-4-3-10-6-5(8)9-1-2-11(4)6/h2-4H,1H3;1-3H. The molecule has 0 fully saturated rings. The lowest BCUT2D eigenvalue weighted by Gasteiger charge is -1.97. The molecule has 0 saturated heterocycles. The van der Waals surface area contributed by atoms with Gasteiger partial charge in [-0.3, -0.25) is 8.80 Å². The smallest absolute Gasteiger partial charge is 0.175 e. The maximum absolute atomic E-state index is 5.76. The summed E-state index contributed by atoms with van der Waals surface area (Å²) in [7, 11) is 0. The molecular formula is C13H9Br2ClN6S. The van der Waals surface area contributed by atoms with Crippen LogP contribution in [-0.4, -0.2) is 35.0 Å². The number of hydrogen-bond donors (Lipinski definition) is 0. The van der Waals surface area contributed by atoms with Gasteiger partial charge in [-0.15, -0.1) is 11.8 Å². The number of aromatic nitrogens is 6. The summed E-state index contributed by atoms with van der Waals surface area (Å²) in [6.07, 6.45) is 12.5. The van der Waals surface area contributed by atoms with Crippen LogP contribution in [0.3, 0.4) is 0 Å². The fourth-order valence-electron chi connectivity index (χ4n) is 1.87. The number of imidazole rings is 2.